The molecule has 0 fully saturated rings. The summed E-state index contributed by atoms with van der Waals surface area (Å²) in [6.45, 7) is 5.58. The first-order valence-electron chi connectivity index (χ1n) is 16.5. The van der Waals surface area contributed by atoms with E-state index < -0.39 is 0 Å². The molecule has 0 amide bonds. The first kappa shape index (κ1) is 29.1. The van der Waals surface area contributed by atoms with Crippen LogP contribution in [0.1, 0.15) is 53.4 Å². The smallest absolute Gasteiger partial charge is 0.101 e. The van der Waals surface area contributed by atoms with E-state index in [-0.39, 0.29) is 11.6 Å². The van der Waals surface area contributed by atoms with Crippen LogP contribution in [-0.2, 0) is 11.8 Å². The fourth-order valence-corrected chi connectivity index (χ4v) is 7.33. The second-order valence-electron chi connectivity index (χ2n) is 13.2. The topological polar surface area (TPSA) is 50.1 Å². The third-order valence-corrected chi connectivity index (χ3v) is 9.91. The molecule has 4 N–H and O–H groups in total. The van der Waals surface area contributed by atoms with Crippen LogP contribution in [-0.4, -0.2) is 6.54 Å². The van der Waals surface area contributed by atoms with Crippen molar-refractivity contribution in [2.24, 2.45) is 5.73 Å². The highest BCUT2D eigenvalue weighted by atomic mass is 15.0. The molecule has 1 aliphatic heterocycles. The summed E-state index contributed by atoms with van der Waals surface area (Å²) in [5.74, 6) is 0. The average Bonchev–Trinajstić information content (AvgIpc) is 3.34. The standard InChI is InChI=1S/C44H39N3/c1-44(2)38-16-8-15-36(42(38)37-27-33-12-6-7-13-34(33)28-39(37)44)30-19-21-31(22-20-30)41(47-43(45)32-10-4-3-5-11-32)24-18-29-17-23-40-35(26-29)14-9-25-46-40/h3-17,19-24,26-28,43,46-47H,18,25,45H2,1-2H3/b41-24-. The van der Waals surface area contributed by atoms with Crippen LogP contribution in [0.4, 0.5) is 5.69 Å². The summed E-state index contributed by atoms with van der Waals surface area (Å²) in [6, 6.07) is 46.1. The van der Waals surface area contributed by atoms with E-state index in [1.54, 1.807) is 0 Å². The minimum atomic E-state index is -0.330. The summed E-state index contributed by atoms with van der Waals surface area (Å²) < 4.78 is 0. The molecule has 2 aliphatic rings. The Morgan fingerprint density at radius 3 is 2.36 bits per heavy atom. The highest BCUT2D eigenvalue weighted by Gasteiger charge is 2.37. The fraction of sp³-hybridized carbons (Fsp3) is 0.136. The summed E-state index contributed by atoms with van der Waals surface area (Å²) >= 11 is 0. The quantitative estimate of drug-likeness (QED) is 0.158. The molecule has 0 aromatic heterocycles. The van der Waals surface area contributed by atoms with Crippen molar-refractivity contribution in [2.45, 2.75) is 31.8 Å². The van der Waals surface area contributed by atoms with Crippen molar-refractivity contribution < 1.29 is 0 Å². The number of anilines is 1. The molecule has 0 saturated carbocycles. The van der Waals surface area contributed by atoms with E-state index >= 15 is 0 Å². The van der Waals surface area contributed by atoms with Crippen LogP contribution >= 0.6 is 0 Å². The number of nitrogens with one attached hydrogen (secondary N) is 2. The average molecular weight is 610 g/mol. The monoisotopic (exact) mass is 609 g/mol. The van der Waals surface area contributed by atoms with Crippen LogP contribution in [0.25, 0.3) is 44.8 Å². The Kier molecular flexibility index (Phi) is 7.27. The molecule has 6 aromatic rings. The maximum Gasteiger partial charge on any atom is 0.101 e. The Bertz CT molecular complexity index is 2170. The van der Waals surface area contributed by atoms with E-state index in [4.69, 9.17) is 5.73 Å². The molecule has 3 heteroatoms. The molecule has 1 unspecified atom stereocenters. The first-order chi connectivity index (χ1) is 23.0. The van der Waals surface area contributed by atoms with Crippen LogP contribution in [0.3, 0.4) is 0 Å². The van der Waals surface area contributed by atoms with Crippen molar-refractivity contribution in [1.82, 2.24) is 5.32 Å². The van der Waals surface area contributed by atoms with Gasteiger partial charge in [-0.25, -0.2) is 0 Å². The van der Waals surface area contributed by atoms with E-state index in [1.165, 1.54) is 61.0 Å². The van der Waals surface area contributed by atoms with Gasteiger partial charge in [0.2, 0.25) is 0 Å². The van der Waals surface area contributed by atoms with Crippen LogP contribution < -0.4 is 16.4 Å². The van der Waals surface area contributed by atoms with Crippen molar-refractivity contribution in [2.75, 3.05) is 11.9 Å². The van der Waals surface area contributed by atoms with Gasteiger partial charge >= 0.3 is 0 Å². The van der Waals surface area contributed by atoms with Crippen molar-refractivity contribution in [3.63, 3.8) is 0 Å². The van der Waals surface area contributed by atoms with E-state index in [9.17, 15) is 0 Å². The Hall–Kier alpha value is -5.38. The highest BCUT2D eigenvalue weighted by molar-refractivity contribution is 5.98. The number of allylic oxidation sites excluding steroid dienone is 1. The van der Waals surface area contributed by atoms with Gasteiger partial charge in [-0.3, -0.25) is 0 Å². The molecule has 0 saturated heterocycles. The summed E-state index contributed by atoms with van der Waals surface area (Å²) in [5.41, 5.74) is 21.5. The predicted molar refractivity (Wildman–Crippen MR) is 199 cm³/mol. The molecule has 0 bridgehead atoms. The van der Waals surface area contributed by atoms with E-state index in [0.717, 1.165) is 29.8 Å². The zero-order chi connectivity index (χ0) is 32.0. The Morgan fingerprint density at radius 2 is 1.55 bits per heavy atom. The Labute approximate surface area is 277 Å². The van der Waals surface area contributed by atoms with Gasteiger partial charge in [0.05, 0.1) is 0 Å². The fourth-order valence-electron chi connectivity index (χ4n) is 7.33. The number of benzene rings is 6. The summed E-state index contributed by atoms with van der Waals surface area (Å²) in [5, 5.41) is 9.66. The lowest BCUT2D eigenvalue weighted by molar-refractivity contribution is 0.661. The minimum absolute atomic E-state index is 0.0689. The molecule has 3 nitrogen and oxygen atoms in total. The molecule has 1 heterocycles. The lowest BCUT2D eigenvalue weighted by atomic mass is 9.81. The number of hydrogen-bond acceptors (Lipinski definition) is 3. The van der Waals surface area contributed by atoms with Gasteiger partial charge < -0.3 is 16.4 Å². The van der Waals surface area contributed by atoms with Crippen LogP contribution in [0, 0.1) is 0 Å². The van der Waals surface area contributed by atoms with Crippen molar-refractivity contribution in [1.29, 1.82) is 0 Å². The summed E-state index contributed by atoms with van der Waals surface area (Å²) in [6.07, 6.45) is 7.09. The van der Waals surface area contributed by atoms with Crippen molar-refractivity contribution in [3.05, 3.63) is 173 Å². The summed E-state index contributed by atoms with van der Waals surface area (Å²) in [4.78, 5) is 0. The van der Waals surface area contributed by atoms with Crippen molar-refractivity contribution >= 4 is 28.2 Å². The molecule has 1 aliphatic carbocycles. The molecule has 6 aromatic carbocycles. The number of fused-ring (bicyclic) bond motifs is 5. The van der Waals surface area contributed by atoms with Crippen molar-refractivity contribution in [3.8, 4) is 22.3 Å². The molecular formula is C44H39N3. The maximum absolute atomic E-state index is 6.72. The molecular weight excluding hydrogens is 571 g/mol. The van der Waals surface area contributed by atoms with Gasteiger partial charge in [-0.05, 0) is 97.1 Å². The lowest BCUT2D eigenvalue weighted by Gasteiger charge is -2.22. The third-order valence-electron chi connectivity index (χ3n) is 9.91. The number of hydrogen-bond donors (Lipinski definition) is 3. The summed E-state index contributed by atoms with van der Waals surface area (Å²) in [7, 11) is 0. The largest absolute Gasteiger partial charge is 0.381 e. The zero-order valence-electron chi connectivity index (χ0n) is 26.9. The second-order valence-corrected chi connectivity index (χ2v) is 13.2. The maximum atomic E-state index is 6.72. The van der Waals surface area contributed by atoms with Gasteiger partial charge in [0.25, 0.3) is 0 Å². The normalized spacial score (nSPS) is 15.0. The predicted octanol–water partition coefficient (Wildman–Crippen LogP) is 10.1. The van der Waals surface area contributed by atoms with Gasteiger partial charge in [-0.1, -0.05) is 135 Å². The molecule has 230 valence electrons. The molecule has 47 heavy (non-hydrogen) atoms. The number of rotatable bonds is 7. The highest BCUT2D eigenvalue weighted by Crippen LogP contribution is 2.53. The molecule has 0 radical (unpaired) electrons. The number of nitrogens with two attached hydrogens (primary N) is 1. The van der Waals surface area contributed by atoms with Gasteiger partial charge in [0.15, 0.2) is 0 Å². The SMILES string of the molecule is CC1(C)c2cc3ccccc3cc2-c2c(-c3ccc(/C(=C/Cc4ccc5c(c4)C=CCN5)NC(N)c4ccccc4)cc3)cccc21. The van der Waals surface area contributed by atoms with E-state index in [0.29, 0.717) is 0 Å². The molecule has 8 rings (SSSR count). The van der Waals surface area contributed by atoms with Crippen LogP contribution in [0.5, 0.6) is 0 Å². The van der Waals surface area contributed by atoms with Crippen LogP contribution in [0.15, 0.2) is 140 Å². The minimum Gasteiger partial charge on any atom is -0.381 e. The molecule has 0 spiro atoms. The van der Waals surface area contributed by atoms with E-state index in [2.05, 4.69) is 152 Å². The first-order valence-corrected chi connectivity index (χ1v) is 16.5. The lowest BCUT2D eigenvalue weighted by Crippen LogP contribution is -2.27. The Balaban J connectivity index is 1.16. The van der Waals surface area contributed by atoms with Gasteiger partial charge in [0, 0.05) is 23.3 Å². The van der Waals surface area contributed by atoms with Crippen LogP contribution in [0.2, 0.25) is 0 Å². The molecule has 1 atom stereocenters. The third kappa shape index (κ3) is 5.33. The van der Waals surface area contributed by atoms with Gasteiger partial charge in [-0.2, -0.15) is 0 Å². The van der Waals surface area contributed by atoms with Gasteiger partial charge in [0.1, 0.15) is 6.17 Å². The Morgan fingerprint density at radius 1 is 0.787 bits per heavy atom. The second kappa shape index (κ2) is 11.8. The van der Waals surface area contributed by atoms with Gasteiger partial charge in [-0.15, -0.1) is 0 Å². The van der Waals surface area contributed by atoms with E-state index in [1.807, 2.05) is 18.2 Å². The zero-order valence-corrected chi connectivity index (χ0v) is 26.9.